The molecule has 0 bridgehead atoms. The molecule has 0 N–H and O–H groups in total. The van der Waals surface area contributed by atoms with Crippen LogP contribution in [-0.4, -0.2) is 32.4 Å². The van der Waals surface area contributed by atoms with Crippen molar-refractivity contribution in [2.75, 3.05) is 19.7 Å². The summed E-state index contributed by atoms with van der Waals surface area (Å²) in [5, 5.41) is 0. The zero-order chi connectivity index (χ0) is 14.8. The Morgan fingerprint density at radius 1 is 1.40 bits per heavy atom. The molecule has 2 rings (SSSR count). The van der Waals surface area contributed by atoms with Gasteiger partial charge in [0.2, 0.25) is 10.0 Å². The van der Waals surface area contributed by atoms with Crippen molar-refractivity contribution in [3.63, 3.8) is 0 Å². The van der Waals surface area contributed by atoms with Crippen LogP contribution in [-0.2, 0) is 10.0 Å². The second kappa shape index (κ2) is 6.14. The van der Waals surface area contributed by atoms with E-state index in [-0.39, 0.29) is 0 Å². The molecular formula is C15H23NO3S. The van der Waals surface area contributed by atoms with Crippen LogP contribution in [0.3, 0.4) is 0 Å². The Labute approximate surface area is 121 Å². The van der Waals surface area contributed by atoms with Gasteiger partial charge in [0, 0.05) is 13.1 Å². The molecule has 1 saturated heterocycles. The van der Waals surface area contributed by atoms with Crippen LogP contribution in [0.4, 0.5) is 0 Å². The second-order valence-electron chi connectivity index (χ2n) is 5.47. The van der Waals surface area contributed by atoms with Crippen molar-refractivity contribution in [1.29, 1.82) is 0 Å². The fourth-order valence-corrected chi connectivity index (χ4v) is 4.30. The summed E-state index contributed by atoms with van der Waals surface area (Å²) in [6.07, 6.45) is 2.05. The van der Waals surface area contributed by atoms with Gasteiger partial charge >= 0.3 is 0 Å². The van der Waals surface area contributed by atoms with E-state index in [4.69, 9.17) is 4.74 Å². The molecule has 0 radical (unpaired) electrons. The Morgan fingerprint density at radius 2 is 2.15 bits per heavy atom. The number of nitrogens with zero attached hydrogens (tertiary/aromatic N) is 1. The van der Waals surface area contributed by atoms with Crippen LogP contribution >= 0.6 is 0 Å². The topological polar surface area (TPSA) is 46.6 Å². The predicted molar refractivity (Wildman–Crippen MR) is 79.5 cm³/mol. The number of sulfonamides is 1. The van der Waals surface area contributed by atoms with Gasteiger partial charge < -0.3 is 4.74 Å². The predicted octanol–water partition coefficient (Wildman–Crippen LogP) is 2.81. The summed E-state index contributed by atoms with van der Waals surface area (Å²) in [6, 6.07) is 5.10. The largest absolute Gasteiger partial charge is 0.494 e. The molecule has 1 aliphatic rings. The minimum Gasteiger partial charge on any atom is -0.494 e. The SMILES string of the molecule is CCOc1ccc(S(=O)(=O)N2CCC[C@@H](C)C2)cc1C. The van der Waals surface area contributed by atoms with Crippen LogP contribution in [0.15, 0.2) is 23.1 Å². The van der Waals surface area contributed by atoms with Crippen molar-refractivity contribution in [1.82, 2.24) is 4.31 Å². The molecule has 1 aromatic carbocycles. The van der Waals surface area contributed by atoms with Crippen LogP contribution in [0.2, 0.25) is 0 Å². The first-order valence-corrected chi connectivity index (χ1v) is 8.62. The summed E-state index contributed by atoms with van der Waals surface area (Å²) in [4.78, 5) is 0.368. The molecule has 1 heterocycles. The van der Waals surface area contributed by atoms with E-state index in [1.807, 2.05) is 13.8 Å². The maximum atomic E-state index is 12.6. The summed E-state index contributed by atoms with van der Waals surface area (Å²) in [5.41, 5.74) is 0.859. The minimum absolute atomic E-state index is 0.368. The highest BCUT2D eigenvalue weighted by atomic mass is 32.2. The van der Waals surface area contributed by atoms with Crippen molar-refractivity contribution >= 4 is 10.0 Å². The number of piperidine rings is 1. The molecule has 1 aliphatic heterocycles. The van der Waals surface area contributed by atoms with Gasteiger partial charge in [0.25, 0.3) is 0 Å². The first-order chi connectivity index (χ1) is 9.45. The van der Waals surface area contributed by atoms with Crippen molar-refractivity contribution in [3.8, 4) is 5.75 Å². The molecule has 1 atom stereocenters. The van der Waals surface area contributed by atoms with E-state index in [0.29, 0.717) is 30.5 Å². The molecule has 112 valence electrons. The van der Waals surface area contributed by atoms with Crippen LogP contribution in [0.25, 0.3) is 0 Å². The normalized spacial score (nSPS) is 20.9. The fraction of sp³-hybridized carbons (Fsp3) is 0.600. The zero-order valence-electron chi connectivity index (χ0n) is 12.4. The molecule has 0 aliphatic carbocycles. The molecule has 5 heteroatoms. The van der Waals surface area contributed by atoms with Crippen LogP contribution in [0.5, 0.6) is 5.75 Å². The minimum atomic E-state index is -3.37. The van der Waals surface area contributed by atoms with E-state index in [1.54, 1.807) is 22.5 Å². The summed E-state index contributed by atoms with van der Waals surface area (Å²) >= 11 is 0. The standard InChI is InChI=1S/C15H23NO3S/c1-4-19-15-8-7-14(10-13(15)3)20(17,18)16-9-5-6-12(2)11-16/h7-8,10,12H,4-6,9,11H2,1-3H3/t12-/m1/s1. The number of benzene rings is 1. The zero-order valence-corrected chi connectivity index (χ0v) is 13.2. The third-order valence-electron chi connectivity index (χ3n) is 3.70. The maximum absolute atomic E-state index is 12.6. The van der Waals surface area contributed by atoms with Gasteiger partial charge in [0.15, 0.2) is 0 Å². The van der Waals surface area contributed by atoms with Crippen molar-refractivity contribution in [2.45, 2.75) is 38.5 Å². The highest BCUT2D eigenvalue weighted by Crippen LogP contribution is 2.27. The molecule has 4 nitrogen and oxygen atoms in total. The Bertz CT molecular complexity index is 568. The lowest BCUT2D eigenvalue weighted by atomic mass is 10.0. The maximum Gasteiger partial charge on any atom is 0.243 e. The smallest absolute Gasteiger partial charge is 0.243 e. The van der Waals surface area contributed by atoms with Gasteiger partial charge in [-0.3, -0.25) is 0 Å². The number of ether oxygens (including phenoxy) is 1. The molecule has 0 amide bonds. The number of hydrogen-bond donors (Lipinski definition) is 0. The van der Waals surface area contributed by atoms with Crippen molar-refractivity contribution in [2.24, 2.45) is 5.92 Å². The highest BCUT2D eigenvalue weighted by Gasteiger charge is 2.28. The molecular weight excluding hydrogens is 274 g/mol. The Balaban J connectivity index is 2.27. The Kier molecular flexibility index (Phi) is 4.70. The average molecular weight is 297 g/mol. The highest BCUT2D eigenvalue weighted by molar-refractivity contribution is 7.89. The van der Waals surface area contributed by atoms with E-state index in [2.05, 4.69) is 6.92 Å². The van der Waals surface area contributed by atoms with Crippen LogP contribution in [0, 0.1) is 12.8 Å². The Morgan fingerprint density at radius 3 is 2.75 bits per heavy atom. The third-order valence-corrected chi connectivity index (χ3v) is 5.56. The van der Waals surface area contributed by atoms with E-state index < -0.39 is 10.0 Å². The molecule has 1 fully saturated rings. The molecule has 0 aromatic heterocycles. The van der Waals surface area contributed by atoms with Gasteiger partial charge in [-0.05, 0) is 56.4 Å². The number of rotatable bonds is 4. The van der Waals surface area contributed by atoms with Crippen molar-refractivity contribution < 1.29 is 13.2 Å². The molecule has 0 spiro atoms. The van der Waals surface area contributed by atoms with Crippen molar-refractivity contribution in [3.05, 3.63) is 23.8 Å². The van der Waals surface area contributed by atoms with Gasteiger partial charge in [-0.1, -0.05) is 6.92 Å². The summed E-state index contributed by atoms with van der Waals surface area (Å²) in [5.74, 6) is 1.18. The molecule has 20 heavy (non-hydrogen) atoms. The molecule has 0 saturated carbocycles. The Hall–Kier alpha value is -1.07. The number of hydrogen-bond acceptors (Lipinski definition) is 3. The van der Waals surface area contributed by atoms with E-state index >= 15 is 0 Å². The van der Waals surface area contributed by atoms with E-state index in [1.165, 1.54) is 0 Å². The van der Waals surface area contributed by atoms with Gasteiger partial charge in [0.1, 0.15) is 5.75 Å². The lowest BCUT2D eigenvalue weighted by molar-refractivity contribution is 0.281. The fourth-order valence-electron chi connectivity index (χ4n) is 2.61. The van der Waals surface area contributed by atoms with Gasteiger partial charge in [-0.25, -0.2) is 8.42 Å². The van der Waals surface area contributed by atoms with Gasteiger partial charge in [0.05, 0.1) is 11.5 Å². The van der Waals surface area contributed by atoms with Gasteiger partial charge in [-0.2, -0.15) is 4.31 Å². The van der Waals surface area contributed by atoms with Crippen LogP contribution < -0.4 is 4.74 Å². The quantitative estimate of drug-likeness (QED) is 0.858. The lowest BCUT2D eigenvalue weighted by Gasteiger charge is -2.30. The second-order valence-corrected chi connectivity index (χ2v) is 7.41. The molecule has 0 unspecified atom stereocenters. The first kappa shape index (κ1) is 15.3. The van der Waals surface area contributed by atoms with E-state index in [9.17, 15) is 8.42 Å². The number of aryl methyl sites for hydroxylation is 1. The lowest BCUT2D eigenvalue weighted by Crippen LogP contribution is -2.39. The van der Waals surface area contributed by atoms with Crippen LogP contribution in [0.1, 0.15) is 32.3 Å². The van der Waals surface area contributed by atoms with E-state index in [0.717, 1.165) is 24.2 Å². The summed E-state index contributed by atoms with van der Waals surface area (Å²) < 4.78 is 32.3. The molecule has 1 aromatic rings. The summed E-state index contributed by atoms with van der Waals surface area (Å²) in [7, 11) is -3.37. The monoisotopic (exact) mass is 297 g/mol. The average Bonchev–Trinajstić information content (AvgIpc) is 2.41. The third kappa shape index (κ3) is 3.15. The van der Waals surface area contributed by atoms with Gasteiger partial charge in [-0.15, -0.1) is 0 Å². The summed E-state index contributed by atoms with van der Waals surface area (Å²) in [6.45, 7) is 7.72. The first-order valence-electron chi connectivity index (χ1n) is 7.18.